The van der Waals surface area contributed by atoms with Gasteiger partial charge in [-0.3, -0.25) is 0 Å². The van der Waals surface area contributed by atoms with Crippen LogP contribution in [0.15, 0.2) is 50.6 Å². The molecule has 1 atom stereocenters. The second-order valence-electron chi connectivity index (χ2n) is 7.21. The van der Waals surface area contributed by atoms with E-state index in [4.69, 9.17) is 9.15 Å². The highest BCUT2D eigenvalue weighted by Crippen LogP contribution is 2.41. The van der Waals surface area contributed by atoms with Crippen molar-refractivity contribution < 1.29 is 26.4 Å². The van der Waals surface area contributed by atoms with Crippen molar-refractivity contribution in [1.82, 2.24) is 5.32 Å². The van der Waals surface area contributed by atoms with E-state index in [1.807, 2.05) is 0 Å². The molecule has 3 heterocycles. The van der Waals surface area contributed by atoms with E-state index < -0.39 is 26.4 Å². The number of nitrogens with one attached hydrogen (secondary N) is 1. The number of halogens is 2. The standard InChI is InChI=1S/C20H17F2NO4S/c21-12-1-4-16(22)18(9-12)28(24,25)13-2-3-14-15-5-7-23-20(6-8-26-11-20)19(15)27-17(14)10-13/h1-4,9-10,23H,5-8,11H2/t20-/m0/s1. The van der Waals surface area contributed by atoms with Crippen molar-refractivity contribution in [3.8, 4) is 0 Å². The Morgan fingerprint density at radius 2 is 1.96 bits per heavy atom. The lowest BCUT2D eigenvalue weighted by molar-refractivity contribution is 0.153. The van der Waals surface area contributed by atoms with Crippen LogP contribution in [-0.4, -0.2) is 28.2 Å². The summed E-state index contributed by atoms with van der Waals surface area (Å²) >= 11 is 0. The summed E-state index contributed by atoms with van der Waals surface area (Å²) in [6, 6.07) is 6.86. The summed E-state index contributed by atoms with van der Waals surface area (Å²) in [5.74, 6) is -1.03. The van der Waals surface area contributed by atoms with E-state index in [0.717, 1.165) is 48.2 Å². The van der Waals surface area contributed by atoms with Gasteiger partial charge in [0.05, 0.1) is 11.5 Å². The fourth-order valence-electron chi connectivity index (χ4n) is 4.13. The van der Waals surface area contributed by atoms with Crippen molar-refractivity contribution in [3.63, 3.8) is 0 Å². The van der Waals surface area contributed by atoms with Crippen molar-refractivity contribution >= 4 is 20.8 Å². The molecule has 1 spiro atoms. The van der Waals surface area contributed by atoms with Crippen molar-refractivity contribution in [2.24, 2.45) is 0 Å². The molecule has 0 unspecified atom stereocenters. The van der Waals surface area contributed by atoms with Gasteiger partial charge in [-0.15, -0.1) is 0 Å². The van der Waals surface area contributed by atoms with Gasteiger partial charge in [0.1, 0.15) is 33.4 Å². The smallest absolute Gasteiger partial charge is 0.209 e. The summed E-state index contributed by atoms with van der Waals surface area (Å²) in [6.07, 6.45) is 1.54. The largest absolute Gasteiger partial charge is 0.459 e. The van der Waals surface area contributed by atoms with Gasteiger partial charge in [0.2, 0.25) is 9.84 Å². The van der Waals surface area contributed by atoms with E-state index in [-0.39, 0.29) is 10.4 Å². The minimum absolute atomic E-state index is 0.139. The van der Waals surface area contributed by atoms with Crippen LogP contribution >= 0.6 is 0 Å². The van der Waals surface area contributed by atoms with Crippen molar-refractivity contribution in [3.05, 3.63) is 59.4 Å². The molecule has 0 amide bonds. The number of benzene rings is 2. The number of hydrogen-bond donors (Lipinski definition) is 1. The highest BCUT2D eigenvalue weighted by atomic mass is 32.2. The molecule has 8 heteroatoms. The monoisotopic (exact) mass is 405 g/mol. The summed E-state index contributed by atoms with van der Waals surface area (Å²) in [6.45, 7) is 1.90. The molecule has 5 rings (SSSR count). The van der Waals surface area contributed by atoms with Gasteiger partial charge in [-0.2, -0.15) is 0 Å². The Balaban J connectivity index is 1.66. The first kappa shape index (κ1) is 17.8. The molecule has 0 radical (unpaired) electrons. The van der Waals surface area contributed by atoms with Gasteiger partial charge in [-0.05, 0) is 43.2 Å². The third kappa shape index (κ3) is 2.52. The third-order valence-electron chi connectivity index (χ3n) is 5.55. The van der Waals surface area contributed by atoms with Crippen LogP contribution in [0.2, 0.25) is 0 Å². The molecule has 1 aromatic heterocycles. The van der Waals surface area contributed by atoms with Crippen LogP contribution < -0.4 is 5.32 Å². The normalized spacial score (nSPS) is 22.1. The summed E-state index contributed by atoms with van der Waals surface area (Å²) in [7, 11) is -4.23. The quantitative estimate of drug-likeness (QED) is 0.709. The third-order valence-corrected chi connectivity index (χ3v) is 7.32. The first-order valence-electron chi connectivity index (χ1n) is 9.00. The second-order valence-corrected chi connectivity index (χ2v) is 9.13. The van der Waals surface area contributed by atoms with Crippen LogP contribution in [0.5, 0.6) is 0 Å². The Labute approximate surface area is 160 Å². The molecule has 1 N–H and O–H groups in total. The van der Waals surface area contributed by atoms with Crippen LogP contribution in [0.3, 0.4) is 0 Å². The van der Waals surface area contributed by atoms with Crippen molar-refractivity contribution in [1.29, 1.82) is 0 Å². The summed E-state index contributed by atoms with van der Waals surface area (Å²) < 4.78 is 64.9. The first-order chi connectivity index (χ1) is 13.4. The lowest BCUT2D eigenvalue weighted by Crippen LogP contribution is -2.47. The maximum atomic E-state index is 14.1. The van der Waals surface area contributed by atoms with Crippen LogP contribution in [-0.2, 0) is 26.5 Å². The number of rotatable bonds is 2. The molecule has 2 aromatic carbocycles. The van der Waals surface area contributed by atoms with Crippen LogP contribution in [0.25, 0.3) is 11.0 Å². The van der Waals surface area contributed by atoms with Crippen molar-refractivity contribution in [2.75, 3.05) is 19.8 Å². The van der Waals surface area contributed by atoms with Gasteiger partial charge in [0.25, 0.3) is 0 Å². The number of hydrogen-bond acceptors (Lipinski definition) is 5. The molecular formula is C20H17F2NO4S. The minimum atomic E-state index is -4.23. The molecule has 0 aliphatic carbocycles. The van der Waals surface area contributed by atoms with E-state index in [0.29, 0.717) is 24.9 Å². The Bertz CT molecular complexity index is 1200. The fraction of sp³-hybridized carbons (Fsp3) is 0.300. The molecule has 146 valence electrons. The lowest BCUT2D eigenvalue weighted by atomic mass is 9.87. The van der Waals surface area contributed by atoms with Gasteiger partial charge in [-0.1, -0.05) is 0 Å². The molecule has 5 nitrogen and oxygen atoms in total. The maximum absolute atomic E-state index is 14.1. The second kappa shape index (κ2) is 6.10. The SMILES string of the molecule is O=S(=O)(c1ccc2c3c(oc2c1)[C@@]1(CCOC1)NCC3)c1cc(F)ccc1F. The molecule has 1 fully saturated rings. The predicted molar refractivity (Wildman–Crippen MR) is 96.8 cm³/mol. The summed E-state index contributed by atoms with van der Waals surface area (Å²) in [4.78, 5) is -0.828. The minimum Gasteiger partial charge on any atom is -0.459 e. The van der Waals surface area contributed by atoms with E-state index in [2.05, 4.69) is 5.32 Å². The fourth-order valence-corrected chi connectivity index (χ4v) is 5.49. The number of fused-ring (bicyclic) bond motifs is 4. The van der Waals surface area contributed by atoms with Crippen molar-refractivity contribution in [2.45, 2.75) is 28.2 Å². The number of ether oxygens (including phenoxy) is 1. The molecule has 0 bridgehead atoms. The van der Waals surface area contributed by atoms with Crippen LogP contribution in [0.1, 0.15) is 17.7 Å². The van der Waals surface area contributed by atoms with Gasteiger partial charge in [0.15, 0.2) is 0 Å². The zero-order valence-electron chi connectivity index (χ0n) is 14.8. The molecular weight excluding hydrogens is 388 g/mol. The Morgan fingerprint density at radius 1 is 1.11 bits per heavy atom. The average molecular weight is 405 g/mol. The zero-order chi connectivity index (χ0) is 19.5. The van der Waals surface area contributed by atoms with Crippen LogP contribution in [0.4, 0.5) is 8.78 Å². The summed E-state index contributed by atoms with van der Waals surface area (Å²) in [5, 5.41) is 4.30. The predicted octanol–water partition coefficient (Wildman–Crippen LogP) is 3.31. The van der Waals surface area contributed by atoms with Gasteiger partial charge in [-0.25, -0.2) is 17.2 Å². The Morgan fingerprint density at radius 3 is 2.75 bits per heavy atom. The van der Waals surface area contributed by atoms with E-state index in [1.165, 1.54) is 12.1 Å². The average Bonchev–Trinajstić information content (AvgIpc) is 3.29. The first-order valence-corrected chi connectivity index (χ1v) is 10.5. The van der Waals surface area contributed by atoms with E-state index in [9.17, 15) is 17.2 Å². The van der Waals surface area contributed by atoms with Gasteiger partial charge in [0, 0.05) is 30.2 Å². The van der Waals surface area contributed by atoms with Gasteiger partial charge >= 0.3 is 0 Å². The van der Waals surface area contributed by atoms with Gasteiger partial charge < -0.3 is 14.5 Å². The Hall–Kier alpha value is -2.29. The lowest BCUT2D eigenvalue weighted by Gasteiger charge is -2.31. The molecule has 28 heavy (non-hydrogen) atoms. The molecule has 0 saturated carbocycles. The summed E-state index contributed by atoms with van der Waals surface area (Å²) in [5.41, 5.74) is 1.07. The molecule has 2 aliphatic heterocycles. The highest BCUT2D eigenvalue weighted by Gasteiger charge is 2.44. The van der Waals surface area contributed by atoms with E-state index >= 15 is 0 Å². The van der Waals surface area contributed by atoms with Crippen LogP contribution in [0, 0.1) is 11.6 Å². The molecule has 2 aliphatic rings. The molecule has 3 aromatic rings. The van der Waals surface area contributed by atoms with E-state index in [1.54, 1.807) is 6.07 Å². The number of sulfone groups is 1. The number of furan rings is 1. The zero-order valence-corrected chi connectivity index (χ0v) is 15.6. The maximum Gasteiger partial charge on any atom is 0.209 e. The topological polar surface area (TPSA) is 68.5 Å². The highest BCUT2D eigenvalue weighted by molar-refractivity contribution is 7.91. The Kier molecular flexibility index (Phi) is 3.88. The molecule has 1 saturated heterocycles.